The van der Waals surface area contributed by atoms with Crippen molar-refractivity contribution >= 4 is 16.9 Å². The molecule has 118 valence electrons. The number of nitrogens with two attached hydrogens (primary N) is 1. The van der Waals surface area contributed by atoms with Gasteiger partial charge in [-0.1, -0.05) is 12.1 Å². The second kappa shape index (κ2) is 6.08. The number of fused-ring (bicyclic) bond motifs is 1. The summed E-state index contributed by atoms with van der Waals surface area (Å²) in [6.07, 6.45) is 2.95. The summed E-state index contributed by atoms with van der Waals surface area (Å²) in [7, 11) is 0. The quantitative estimate of drug-likeness (QED) is 0.912. The lowest BCUT2D eigenvalue weighted by Crippen LogP contribution is -2.48. The Kier molecular flexibility index (Phi) is 4.16. The number of H-pyrrole nitrogens is 1. The van der Waals surface area contributed by atoms with Gasteiger partial charge in [0, 0.05) is 31.5 Å². The molecule has 1 aromatic carbocycles. The van der Waals surface area contributed by atoms with E-state index in [2.05, 4.69) is 29.9 Å². The molecule has 0 aliphatic carbocycles. The molecule has 1 saturated heterocycles. The van der Waals surface area contributed by atoms with E-state index >= 15 is 0 Å². The van der Waals surface area contributed by atoms with Crippen molar-refractivity contribution in [3.8, 4) is 0 Å². The zero-order chi connectivity index (χ0) is 15.7. The van der Waals surface area contributed by atoms with Gasteiger partial charge in [0.15, 0.2) is 0 Å². The van der Waals surface area contributed by atoms with Crippen LogP contribution in [0.2, 0.25) is 0 Å². The number of hydrogen-bond donors (Lipinski definition) is 2. The van der Waals surface area contributed by atoms with Crippen LogP contribution in [0.5, 0.6) is 0 Å². The number of rotatable bonds is 3. The Morgan fingerprint density at radius 1 is 1.50 bits per heavy atom. The number of aryl methyl sites for hydroxylation is 2. The molecule has 3 rings (SSSR count). The van der Waals surface area contributed by atoms with Crippen LogP contribution in [0.3, 0.4) is 0 Å². The third kappa shape index (κ3) is 2.99. The molecule has 1 fully saturated rings. The van der Waals surface area contributed by atoms with E-state index in [1.807, 2.05) is 17.0 Å². The first-order chi connectivity index (χ1) is 10.5. The van der Waals surface area contributed by atoms with Crippen LogP contribution in [-0.2, 0) is 11.2 Å². The van der Waals surface area contributed by atoms with Crippen LogP contribution in [-0.4, -0.2) is 39.4 Å². The Morgan fingerprint density at radius 2 is 2.32 bits per heavy atom. The lowest BCUT2D eigenvalue weighted by atomic mass is 9.98. The van der Waals surface area contributed by atoms with Gasteiger partial charge in [-0.2, -0.15) is 0 Å². The predicted octanol–water partition coefficient (Wildman–Crippen LogP) is 2.14. The van der Waals surface area contributed by atoms with E-state index in [9.17, 15) is 4.79 Å². The number of carbonyl (C=O) groups excluding carboxylic acids is 1. The molecule has 1 amide bonds. The van der Waals surface area contributed by atoms with Crippen LogP contribution in [0.4, 0.5) is 0 Å². The number of amides is 1. The van der Waals surface area contributed by atoms with Crippen molar-refractivity contribution in [2.45, 2.75) is 51.6 Å². The lowest BCUT2D eigenvalue weighted by Gasteiger charge is -2.36. The number of hydrogen-bond acceptors (Lipinski definition) is 3. The van der Waals surface area contributed by atoms with Crippen LogP contribution in [0.15, 0.2) is 18.2 Å². The summed E-state index contributed by atoms with van der Waals surface area (Å²) in [6.45, 7) is 4.92. The Hall–Kier alpha value is -1.88. The molecule has 3 N–H and O–H groups in total. The minimum atomic E-state index is 0.205. The van der Waals surface area contributed by atoms with Gasteiger partial charge in [0.25, 0.3) is 0 Å². The third-order valence-corrected chi connectivity index (χ3v) is 4.58. The van der Waals surface area contributed by atoms with Crippen molar-refractivity contribution < 1.29 is 4.79 Å². The molecule has 5 nitrogen and oxygen atoms in total. The number of benzene rings is 1. The number of nitrogens with zero attached hydrogens (tertiary/aromatic N) is 2. The average molecular weight is 300 g/mol. The number of piperidine rings is 1. The van der Waals surface area contributed by atoms with Crippen molar-refractivity contribution in [1.82, 2.24) is 14.9 Å². The summed E-state index contributed by atoms with van der Waals surface area (Å²) < 4.78 is 0. The highest BCUT2D eigenvalue weighted by Crippen LogP contribution is 2.19. The number of nitrogens with one attached hydrogen (secondary N) is 1. The second-order valence-electron chi connectivity index (χ2n) is 6.38. The first-order valence-electron chi connectivity index (χ1n) is 8.04. The standard InChI is InChI=1S/C17H24N4O/c1-11-4-3-5-14-17(11)20-15(19-14)6-7-16(22)21-9-8-13(18)10-12(21)2/h3-5,12-13H,6-10,18H2,1-2H3,(H,19,20)/t12-,13+/m1/s1. The van der Waals surface area contributed by atoms with Crippen LogP contribution in [0, 0.1) is 6.92 Å². The van der Waals surface area contributed by atoms with Gasteiger partial charge >= 0.3 is 0 Å². The Morgan fingerprint density at radius 3 is 3.05 bits per heavy atom. The van der Waals surface area contributed by atoms with Crippen LogP contribution < -0.4 is 5.73 Å². The Balaban J connectivity index is 1.63. The van der Waals surface area contributed by atoms with Crippen molar-refractivity contribution in [1.29, 1.82) is 0 Å². The average Bonchev–Trinajstić information content (AvgIpc) is 2.89. The van der Waals surface area contributed by atoms with Gasteiger partial charge in [0.1, 0.15) is 5.82 Å². The van der Waals surface area contributed by atoms with E-state index in [4.69, 9.17) is 5.73 Å². The molecule has 5 heteroatoms. The van der Waals surface area contributed by atoms with Gasteiger partial charge in [-0.05, 0) is 38.3 Å². The molecular weight excluding hydrogens is 276 g/mol. The minimum Gasteiger partial charge on any atom is -0.342 e. The van der Waals surface area contributed by atoms with Crippen molar-refractivity contribution in [2.24, 2.45) is 5.73 Å². The summed E-state index contributed by atoms with van der Waals surface area (Å²) >= 11 is 0. The maximum atomic E-state index is 12.4. The summed E-state index contributed by atoms with van der Waals surface area (Å²) in [5.74, 6) is 1.09. The van der Waals surface area contributed by atoms with Crippen molar-refractivity contribution in [3.05, 3.63) is 29.6 Å². The number of aromatic nitrogens is 2. The van der Waals surface area contributed by atoms with Gasteiger partial charge in [0.2, 0.25) is 5.91 Å². The Bertz CT molecular complexity index is 678. The van der Waals surface area contributed by atoms with Gasteiger partial charge in [-0.15, -0.1) is 0 Å². The largest absolute Gasteiger partial charge is 0.342 e. The smallest absolute Gasteiger partial charge is 0.223 e. The molecule has 1 aliphatic rings. The van der Waals surface area contributed by atoms with Gasteiger partial charge in [-0.3, -0.25) is 4.79 Å². The molecule has 0 radical (unpaired) electrons. The van der Waals surface area contributed by atoms with E-state index in [1.54, 1.807) is 0 Å². The number of carbonyl (C=O) groups is 1. The molecule has 0 spiro atoms. The van der Waals surface area contributed by atoms with E-state index in [0.29, 0.717) is 12.8 Å². The molecular formula is C17H24N4O. The number of likely N-dealkylation sites (tertiary alicyclic amines) is 1. The molecule has 2 aromatic rings. The summed E-state index contributed by atoms with van der Waals surface area (Å²) in [5, 5.41) is 0. The molecule has 0 unspecified atom stereocenters. The topological polar surface area (TPSA) is 75.0 Å². The van der Waals surface area contributed by atoms with Crippen LogP contribution >= 0.6 is 0 Å². The zero-order valence-corrected chi connectivity index (χ0v) is 13.3. The first kappa shape index (κ1) is 15.0. The highest BCUT2D eigenvalue weighted by Gasteiger charge is 2.26. The first-order valence-corrected chi connectivity index (χ1v) is 8.04. The van der Waals surface area contributed by atoms with E-state index in [-0.39, 0.29) is 18.0 Å². The number of imidazole rings is 1. The fourth-order valence-electron chi connectivity index (χ4n) is 3.29. The zero-order valence-electron chi connectivity index (χ0n) is 13.3. The van der Waals surface area contributed by atoms with E-state index in [1.165, 1.54) is 0 Å². The summed E-state index contributed by atoms with van der Waals surface area (Å²) in [5.41, 5.74) is 9.16. The summed E-state index contributed by atoms with van der Waals surface area (Å²) in [6, 6.07) is 6.57. The molecule has 1 aromatic heterocycles. The Labute approximate surface area is 130 Å². The molecule has 0 bridgehead atoms. The molecule has 0 saturated carbocycles. The monoisotopic (exact) mass is 300 g/mol. The van der Waals surface area contributed by atoms with Crippen molar-refractivity contribution in [2.75, 3.05) is 6.54 Å². The normalized spacial score (nSPS) is 22.2. The maximum absolute atomic E-state index is 12.4. The highest BCUT2D eigenvalue weighted by molar-refractivity contribution is 5.79. The fraction of sp³-hybridized carbons (Fsp3) is 0.529. The number of aromatic amines is 1. The number of para-hydroxylation sites is 1. The van der Waals surface area contributed by atoms with Gasteiger partial charge in [0.05, 0.1) is 11.0 Å². The van der Waals surface area contributed by atoms with Gasteiger partial charge in [-0.25, -0.2) is 4.98 Å². The van der Waals surface area contributed by atoms with Crippen LogP contribution in [0.25, 0.3) is 11.0 Å². The molecule has 2 heterocycles. The van der Waals surface area contributed by atoms with E-state index < -0.39 is 0 Å². The molecule has 2 atom stereocenters. The molecule has 22 heavy (non-hydrogen) atoms. The maximum Gasteiger partial charge on any atom is 0.223 e. The lowest BCUT2D eigenvalue weighted by molar-refractivity contribution is -0.134. The molecule has 1 aliphatic heterocycles. The minimum absolute atomic E-state index is 0.205. The predicted molar refractivity (Wildman–Crippen MR) is 87.5 cm³/mol. The highest BCUT2D eigenvalue weighted by atomic mass is 16.2. The summed E-state index contributed by atoms with van der Waals surface area (Å²) in [4.78, 5) is 22.3. The third-order valence-electron chi connectivity index (χ3n) is 4.58. The van der Waals surface area contributed by atoms with E-state index in [0.717, 1.165) is 41.8 Å². The van der Waals surface area contributed by atoms with Gasteiger partial charge < -0.3 is 15.6 Å². The van der Waals surface area contributed by atoms with Crippen molar-refractivity contribution in [3.63, 3.8) is 0 Å². The van der Waals surface area contributed by atoms with Crippen LogP contribution in [0.1, 0.15) is 37.6 Å². The fourth-order valence-corrected chi connectivity index (χ4v) is 3.29. The SMILES string of the molecule is Cc1cccc2[nH]c(CCC(=O)N3CC[C@H](N)C[C@H]3C)nc12. The second-order valence-corrected chi connectivity index (χ2v) is 6.38.